The summed E-state index contributed by atoms with van der Waals surface area (Å²) in [6.45, 7) is 0. The molecule has 0 spiro atoms. The Morgan fingerprint density at radius 3 is 1.38 bits per heavy atom. The quantitative estimate of drug-likeness (QED) is 0.257. The molecule has 0 aliphatic heterocycles. The van der Waals surface area contributed by atoms with Gasteiger partial charge in [-0.1, -0.05) is 12.1 Å². The second kappa shape index (κ2) is 10.5. The maximum absolute atomic E-state index is 12.3. The molecule has 0 unspecified atom stereocenters. The normalized spacial score (nSPS) is 11.6. The van der Waals surface area contributed by atoms with E-state index in [0.717, 1.165) is 0 Å². The van der Waals surface area contributed by atoms with Crippen LogP contribution >= 0.6 is 0 Å². The Morgan fingerprint density at radius 2 is 1.03 bits per heavy atom. The van der Waals surface area contributed by atoms with Crippen LogP contribution in [0.25, 0.3) is 0 Å². The van der Waals surface area contributed by atoms with Crippen molar-refractivity contribution >= 4 is 40.5 Å². The summed E-state index contributed by atoms with van der Waals surface area (Å²) in [4.78, 5) is 29.4. The lowest BCUT2D eigenvalue weighted by molar-refractivity contribution is 0.262. The third kappa shape index (κ3) is 6.01. The summed E-state index contributed by atoms with van der Waals surface area (Å²) in [7, 11) is 0. The zero-order chi connectivity index (χ0) is 23.8. The number of hydrogen-bond donors (Lipinski definition) is 4. The van der Waals surface area contributed by atoms with Crippen molar-refractivity contribution in [2.24, 2.45) is 21.5 Å². The number of nitrogens with one attached hydrogen (secondary N) is 2. The number of benzene rings is 2. The summed E-state index contributed by atoms with van der Waals surface area (Å²) in [5.74, 6) is 0.627. The maximum atomic E-state index is 12.3. The minimum absolute atomic E-state index is 0.314. The van der Waals surface area contributed by atoms with Crippen molar-refractivity contribution in [2.45, 2.75) is 0 Å². The van der Waals surface area contributed by atoms with Gasteiger partial charge in [-0.25, -0.2) is 14.8 Å². The Kier molecular flexibility index (Phi) is 6.85. The van der Waals surface area contributed by atoms with Crippen molar-refractivity contribution in [2.75, 3.05) is 10.6 Å². The van der Waals surface area contributed by atoms with Gasteiger partial charge in [-0.2, -0.15) is 0 Å². The minimum atomic E-state index is -0.381. The molecule has 0 aliphatic carbocycles. The molecule has 0 bridgehead atoms. The number of nitrogens with two attached hydrogens (primary N) is 2. The van der Waals surface area contributed by atoms with Crippen molar-refractivity contribution in [3.8, 4) is 0 Å². The highest BCUT2D eigenvalue weighted by Crippen LogP contribution is 2.19. The molecule has 0 aliphatic rings. The van der Waals surface area contributed by atoms with E-state index >= 15 is 0 Å². The summed E-state index contributed by atoms with van der Waals surface area (Å²) in [6, 6.07) is 24.5. The van der Waals surface area contributed by atoms with Gasteiger partial charge in [0, 0.05) is 23.8 Å². The lowest BCUT2D eigenvalue weighted by atomic mass is 10.2. The molecule has 2 aromatic heterocycles. The molecule has 0 fully saturated rings. The smallest absolute Gasteiger partial charge is 0.323 e. The Morgan fingerprint density at radius 1 is 0.618 bits per heavy atom. The number of amides is 2. The molecule has 6 N–H and O–H groups in total. The second-order valence-electron chi connectivity index (χ2n) is 7.10. The summed E-state index contributed by atoms with van der Waals surface area (Å²) in [6.07, 6.45) is 3.31. The fraction of sp³-hybridized carbons (Fsp3) is 0. The zero-order valence-electron chi connectivity index (χ0n) is 18.1. The van der Waals surface area contributed by atoms with Gasteiger partial charge in [-0.15, -0.1) is 0 Å². The molecule has 0 atom stereocenters. The van der Waals surface area contributed by atoms with Crippen LogP contribution in [-0.4, -0.2) is 27.7 Å². The van der Waals surface area contributed by atoms with Crippen molar-refractivity contribution in [1.29, 1.82) is 0 Å². The highest BCUT2D eigenvalue weighted by atomic mass is 16.2. The number of hydrogen-bond acceptors (Lipinski definition) is 5. The van der Waals surface area contributed by atoms with Gasteiger partial charge in [0.25, 0.3) is 0 Å². The summed E-state index contributed by atoms with van der Waals surface area (Å²) in [5.41, 5.74) is 15.7. The Balaban J connectivity index is 1.34. The maximum Gasteiger partial charge on any atom is 0.323 e. The van der Waals surface area contributed by atoms with Crippen molar-refractivity contribution < 1.29 is 4.79 Å². The third-order valence-electron chi connectivity index (χ3n) is 4.60. The monoisotopic (exact) mass is 450 g/mol. The van der Waals surface area contributed by atoms with Gasteiger partial charge in [0.2, 0.25) is 0 Å². The third-order valence-corrected chi connectivity index (χ3v) is 4.60. The van der Waals surface area contributed by atoms with E-state index in [-0.39, 0.29) is 6.03 Å². The van der Waals surface area contributed by atoms with Gasteiger partial charge in [0.15, 0.2) is 0 Å². The molecule has 2 aromatic carbocycles. The van der Waals surface area contributed by atoms with Gasteiger partial charge in [-0.3, -0.25) is 9.97 Å². The molecule has 2 heterocycles. The summed E-state index contributed by atoms with van der Waals surface area (Å²) >= 11 is 0. The van der Waals surface area contributed by atoms with Crippen LogP contribution in [0, 0.1) is 0 Å². The van der Waals surface area contributed by atoms with Crippen LogP contribution in [0.5, 0.6) is 0 Å². The van der Waals surface area contributed by atoms with Crippen LogP contribution in [0.15, 0.2) is 107 Å². The van der Waals surface area contributed by atoms with Gasteiger partial charge in [0.05, 0.1) is 11.4 Å². The number of carbonyl (C=O) groups excluding carboxylic acids is 1. The summed E-state index contributed by atoms with van der Waals surface area (Å²) in [5, 5.41) is 5.55. The first-order chi connectivity index (χ1) is 16.6. The summed E-state index contributed by atoms with van der Waals surface area (Å²) < 4.78 is 0. The number of nitrogens with zero attached hydrogens (tertiary/aromatic N) is 4. The number of urea groups is 1. The fourth-order valence-electron chi connectivity index (χ4n) is 2.95. The molecule has 0 radical (unpaired) electrons. The molecule has 4 rings (SSSR count). The van der Waals surface area contributed by atoms with Crippen molar-refractivity contribution in [3.63, 3.8) is 0 Å². The van der Waals surface area contributed by atoms with Crippen LogP contribution in [0.4, 0.5) is 27.5 Å². The van der Waals surface area contributed by atoms with E-state index in [1.165, 1.54) is 0 Å². The zero-order valence-corrected chi connectivity index (χ0v) is 18.1. The standard InChI is InChI=1S/C25H22N8O/c26-23(21-5-1-3-15-28-21)30-17-7-11-19(12-8-17)32-25(34)33-20-13-9-18(10-14-20)31-24(27)22-6-2-4-16-29-22/h1-16H,(H2,26,30)(H2,27,31)(H2,32,33,34). The largest absolute Gasteiger partial charge is 0.382 e. The van der Waals surface area contributed by atoms with E-state index in [1.807, 2.05) is 24.3 Å². The number of amidine groups is 2. The highest BCUT2D eigenvalue weighted by Gasteiger charge is 2.05. The van der Waals surface area contributed by atoms with E-state index in [9.17, 15) is 4.79 Å². The van der Waals surface area contributed by atoms with Crippen molar-refractivity contribution in [3.05, 3.63) is 109 Å². The van der Waals surface area contributed by atoms with Gasteiger partial charge >= 0.3 is 6.03 Å². The predicted molar refractivity (Wildman–Crippen MR) is 135 cm³/mol. The number of aliphatic imine (C=N–C) groups is 2. The minimum Gasteiger partial charge on any atom is -0.382 e. The molecule has 2 amide bonds. The molecule has 9 nitrogen and oxygen atoms in total. The number of aromatic nitrogens is 2. The number of carbonyl (C=O) groups is 1. The molecule has 0 saturated heterocycles. The van der Waals surface area contributed by atoms with Crippen molar-refractivity contribution in [1.82, 2.24) is 9.97 Å². The average Bonchev–Trinajstić information content (AvgIpc) is 2.87. The number of pyridine rings is 2. The molecule has 0 saturated carbocycles. The Bertz CT molecular complexity index is 1200. The van der Waals surface area contributed by atoms with Crippen LogP contribution in [-0.2, 0) is 0 Å². The van der Waals surface area contributed by atoms with Gasteiger partial charge in [-0.05, 0) is 72.8 Å². The lowest BCUT2D eigenvalue weighted by Crippen LogP contribution is -2.19. The average molecular weight is 451 g/mol. The Hall–Kier alpha value is -5.05. The predicted octanol–water partition coefficient (Wildman–Crippen LogP) is 4.19. The van der Waals surface area contributed by atoms with Crippen LogP contribution < -0.4 is 22.1 Å². The molecule has 4 aromatic rings. The van der Waals surface area contributed by atoms with Crippen LogP contribution in [0.1, 0.15) is 11.4 Å². The molecule has 34 heavy (non-hydrogen) atoms. The molecular formula is C25H22N8O. The van der Waals surface area contributed by atoms with E-state index in [0.29, 0.717) is 45.8 Å². The molecule has 168 valence electrons. The van der Waals surface area contributed by atoms with E-state index in [4.69, 9.17) is 11.5 Å². The van der Waals surface area contributed by atoms with E-state index < -0.39 is 0 Å². The molecule has 9 heteroatoms. The van der Waals surface area contributed by atoms with Crippen LogP contribution in [0.2, 0.25) is 0 Å². The first kappa shape index (κ1) is 22.2. The molecular weight excluding hydrogens is 428 g/mol. The first-order valence-electron chi connectivity index (χ1n) is 10.4. The van der Waals surface area contributed by atoms with Gasteiger partial charge in [0.1, 0.15) is 23.1 Å². The Labute approximate surface area is 196 Å². The van der Waals surface area contributed by atoms with Gasteiger partial charge < -0.3 is 22.1 Å². The fourth-order valence-corrected chi connectivity index (χ4v) is 2.95. The number of anilines is 2. The van der Waals surface area contributed by atoms with E-state index in [2.05, 4.69) is 30.6 Å². The SMILES string of the molecule is NC(=Nc1ccc(NC(=O)Nc2ccc(N=C(N)c3ccccn3)cc2)cc1)c1ccccn1. The second-order valence-corrected chi connectivity index (χ2v) is 7.10. The first-order valence-corrected chi connectivity index (χ1v) is 10.4. The number of rotatable bonds is 6. The lowest BCUT2D eigenvalue weighted by Gasteiger charge is -2.08. The van der Waals surface area contributed by atoms with Crippen LogP contribution in [0.3, 0.4) is 0 Å². The van der Waals surface area contributed by atoms with E-state index in [1.54, 1.807) is 73.1 Å². The topological polar surface area (TPSA) is 144 Å². The highest BCUT2D eigenvalue weighted by molar-refractivity contribution is 6.00.